The summed E-state index contributed by atoms with van der Waals surface area (Å²) in [5.74, 6) is 0. The molecule has 1 unspecified atom stereocenters. The first-order valence-electron chi connectivity index (χ1n) is 7.31. The molecule has 0 aliphatic heterocycles. The summed E-state index contributed by atoms with van der Waals surface area (Å²) in [6.45, 7) is 2.29. The second-order valence-electron chi connectivity index (χ2n) is 5.15. The van der Waals surface area contributed by atoms with Gasteiger partial charge in [0.05, 0.1) is 11.0 Å². The Hall–Kier alpha value is -1.21. The van der Waals surface area contributed by atoms with E-state index in [2.05, 4.69) is 11.6 Å². The van der Waals surface area contributed by atoms with E-state index >= 15 is 0 Å². The molecule has 22 heavy (non-hydrogen) atoms. The smallest absolute Gasteiger partial charge is 0.240 e. The van der Waals surface area contributed by atoms with Crippen LogP contribution in [-0.4, -0.2) is 20.1 Å². The Balaban J connectivity index is 1.90. The number of sulfonamides is 1. The Labute approximate surface area is 135 Å². The van der Waals surface area contributed by atoms with Crippen LogP contribution in [0.3, 0.4) is 0 Å². The number of aryl methyl sites for hydroxylation is 1. The maximum Gasteiger partial charge on any atom is 0.240 e. The number of aliphatic hydroxyl groups excluding tert-OH is 1. The van der Waals surface area contributed by atoms with Crippen molar-refractivity contribution in [1.82, 2.24) is 4.72 Å². The van der Waals surface area contributed by atoms with Crippen molar-refractivity contribution in [3.8, 4) is 0 Å². The molecule has 0 aliphatic rings. The van der Waals surface area contributed by atoms with Gasteiger partial charge in [0.2, 0.25) is 10.0 Å². The van der Waals surface area contributed by atoms with Gasteiger partial charge in [-0.15, -0.1) is 0 Å². The molecule has 0 aliphatic carbocycles. The third-order valence-corrected chi connectivity index (χ3v) is 5.59. The molecule has 0 saturated heterocycles. The minimum absolute atomic E-state index is 0.204. The number of aliphatic hydroxyl groups is 1. The van der Waals surface area contributed by atoms with Crippen molar-refractivity contribution in [3.05, 3.63) is 52.2 Å². The molecule has 2 N–H and O–H groups in total. The van der Waals surface area contributed by atoms with Crippen LogP contribution < -0.4 is 4.72 Å². The highest BCUT2D eigenvalue weighted by molar-refractivity contribution is 7.89. The molecule has 1 atom stereocenters. The molecule has 1 aromatic heterocycles. The van der Waals surface area contributed by atoms with Crippen LogP contribution in [0.2, 0.25) is 0 Å². The lowest BCUT2D eigenvalue weighted by Gasteiger charge is -2.11. The minimum Gasteiger partial charge on any atom is -0.388 e. The Morgan fingerprint density at radius 3 is 2.55 bits per heavy atom. The first-order chi connectivity index (χ1) is 10.5. The lowest BCUT2D eigenvalue weighted by molar-refractivity contribution is 0.169. The number of rotatable bonds is 8. The Kier molecular flexibility index (Phi) is 6.14. The fourth-order valence-corrected chi connectivity index (χ4v) is 3.92. The lowest BCUT2D eigenvalue weighted by atomic mass is 10.1. The lowest BCUT2D eigenvalue weighted by Crippen LogP contribution is -2.25. The topological polar surface area (TPSA) is 66.4 Å². The van der Waals surface area contributed by atoms with Gasteiger partial charge in [0.15, 0.2) is 0 Å². The van der Waals surface area contributed by atoms with Gasteiger partial charge in [-0.2, -0.15) is 11.3 Å². The van der Waals surface area contributed by atoms with Crippen LogP contribution in [0.5, 0.6) is 0 Å². The maximum atomic E-state index is 12.2. The van der Waals surface area contributed by atoms with E-state index in [-0.39, 0.29) is 11.4 Å². The summed E-state index contributed by atoms with van der Waals surface area (Å²) >= 11 is 1.51. The molecule has 2 aromatic rings. The van der Waals surface area contributed by atoms with Gasteiger partial charge in [0.1, 0.15) is 0 Å². The molecule has 1 heterocycles. The fraction of sp³-hybridized carbons (Fsp3) is 0.375. The van der Waals surface area contributed by atoms with Gasteiger partial charge in [-0.25, -0.2) is 13.1 Å². The third kappa shape index (κ3) is 4.64. The summed E-state index contributed by atoms with van der Waals surface area (Å²) < 4.78 is 26.9. The highest BCUT2D eigenvalue weighted by atomic mass is 32.2. The molecule has 1 aromatic carbocycles. The molecule has 0 radical (unpaired) electrons. The van der Waals surface area contributed by atoms with Crippen molar-refractivity contribution < 1.29 is 13.5 Å². The summed E-state index contributed by atoms with van der Waals surface area (Å²) in [5, 5.41) is 13.7. The van der Waals surface area contributed by atoms with E-state index in [1.165, 1.54) is 11.3 Å². The van der Waals surface area contributed by atoms with Crippen molar-refractivity contribution in [2.24, 2.45) is 0 Å². The molecular weight excluding hydrogens is 318 g/mol. The highest BCUT2D eigenvalue weighted by Gasteiger charge is 2.15. The molecule has 0 saturated carbocycles. The van der Waals surface area contributed by atoms with Crippen molar-refractivity contribution in [2.75, 3.05) is 6.54 Å². The second kappa shape index (κ2) is 7.87. The molecule has 0 spiro atoms. The van der Waals surface area contributed by atoms with Crippen molar-refractivity contribution >= 4 is 21.4 Å². The second-order valence-corrected chi connectivity index (χ2v) is 7.70. The van der Waals surface area contributed by atoms with E-state index in [1.54, 1.807) is 12.1 Å². The minimum atomic E-state index is -3.51. The maximum absolute atomic E-state index is 12.2. The zero-order chi connectivity index (χ0) is 16.0. The van der Waals surface area contributed by atoms with E-state index in [9.17, 15) is 13.5 Å². The van der Waals surface area contributed by atoms with Gasteiger partial charge in [-0.05, 0) is 52.9 Å². The van der Waals surface area contributed by atoms with Gasteiger partial charge in [0, 0.05) is 6.54 Å². The van der Waals surface area contributed by atoms with Crippen LogP contribution in [0.15, 0.2) is 46.0 Å². The zero-order valence-corrected chi connectivity index (χ0v) is 14.2. The average Bonchev–Trinajstić information content (AvgIpc) is 3.02. The summed E-state index contributed by atoms with van der Waals surface area (Å²) in [7, 11) is -3.51. The van der Waals surface area contributed by atoms with Gasteiger partial charge in [-0.1, -0.05) is 25.5 Å². The molecule has 0 bridgehead atoms. The van der Waals surface area contributed by atoms with Crippen LogP contribution in [0, 0.1) is 0 Å². The van der Waals surface area contributed by atoms with Gasteiger partial charge >= 0.3 is 0 Å². The van der Waals surface area contributed by atoms with Crippen LogP contribution in [0.4, 0.5) is 0 Å². The van der Waals surface area contributed by atoms with Crippen molar-refractivity contribution in [3.63, 3.8) is 0 Å². The van der Waals surface area contributed by atoms with Crippen LogP contribution >= 0.6 is 11.3 Å². The summed E-state index contributed by atoms with van der Waals surface area (Å²) in [4.78, 5) is 0.261. The number of hydrogen-bond acceptors (Lipinski definition) is 4. The van der Waals surface area contributed by atoms with Crippen molar-refractivity contribution in [2.45, 2.75) is 37.2 Å². The normalized spacial score (nSPS) is 13.2. The average molecular weight is 339 g/mol. The van der Waals surface area contributed by atoms with Gasteiger partial charge < -0.3 is 5.11 Å². The standard InChI is InChI=1S/C16H21NO3S2/c1-2-3-13-4-6-15(7-5-13)22(19,20)17-10-8-16(18)14-9-11-21-12-14/h4-7,9,11-12,16-18H,2-3,8,10H2,1H3. The van der Waals surface area contributed by atoms with Crippen LogP contribution in [0.1, 0.15) is 37.0 Å². The van der Waals surface area contributed by atoms with Gasteiger partial charge in [0.25, 0.3) is 0 Å². The van der Waals surface area contributed by atoms with Crippen LogP contribution in [-0.2, 0) is 16.4 Å². The highest BCUT2D eigenvalue weighted by Crippen LogP contribution is 2.19. The monoisotopic (exact) mass is 339 g/mol. The number of hydrogen-bond donors (Lipinski definition) is 2. The third-order valence-electron chi connectivity index (χ3n) is 3.41. The molecule has 120 valence electrons. The zero-order valence-electron chi connectivity index (χ0n) is 12.5. The molecular formula is C16H21NO3S2. The van der Waals surface area contributed by atoms with E-state index in [0.717, 1.165) is 24.0 Å². The molecule has 2 rings (SSSR count). The SMILES string of the molecule is CCCc1ccc(S(=O)(=O)NCCC(O)c2ccsc2)cc1. The Morgan fingerprint density at radius 2 is 1.95 bits per heavy atom. The number of benzene rings is 1. The summed E-state index contributed by atoms with van der Waals surface area (Å²) in [5.41, 5.74) is 1.96. The van der Waals surface area contributed by atoms with Crippen molar-refractivity contribution in [1.29, 1.82) is 0 Å². The van der Waals surface area contributed by atoms with E-state index in [1.807, 2.05) is 29.0 Å². The molecule has 6 heteroatoms. The van der Waals surface area contributed by atoms with E-state index in [4.69, 9.17) is 0 Å². The van der Waals surface area contributed by atoms with E-state index in [0.29, 0.717) is 6.42 Å². The Bertz CT molecular complexity index is 664. The Morgan fingerprint density at radius 1 is 1.23 bits per heavy atom. The van der Waals surface area contributed by atoms with Gasteiger partial charge in [-0.3, -0.25) is 0 Å². The first-order valence-corrected chi connectivity index (χ1v) is 9.74. The predicted octanol–water partition coefficient (Wildman–Crippen LogP) is 3.10. The molecule has 4 nitrogen and oxygen atoms in total. The summed E-state index contributed by atoms with van der Waals surface area (Å²) in [6.07, 6.45) is 1.69. The fourth-order valence-electron chi connectivity index (χ4n) is 2.17. The first kappa shape index (κ1) is 17.1. The molecule has 0 amide bonds. The summed E-state index contributed by atoms with van der Waals surface area (Å²) in [6, 6.07) is 8.79. The largest absolute Gasteiger partial charge is 0.388 e. The van der Waals surface area contributed by atoms with E-state index < -0.39 is 16.1 Å². The molecule has 0 fully saturated rings. The quantitative estimate of drug-likeness (QED) is 0.776. The van der Waals surface area contributed by atoms with Crippen LogP contribution in [0.25, 0.3) is 0 Å². The predicted molar refractivity (Wildman–Crippen MR) is 89.5 cm³/mol. The number of nitrogens with one attached hydrogen (secondary N) is 1. The number of thiophene rings is 1.